The van der Waals surface area contributed by atoms with Gasteiger partial charge in [0.2, 0.25) is 0 Å². The maximum atomic E-state index is 13.6. The van der Waals surface area contributed by atoms with Crippen LogP contribution in [0.2, 0.25) is 5.02 Å². The van der Waals surface area contributed by atoms with E-state index in [0.29, 0.717) is 0 Å². The summed E-state index contributed by atoms with van der Waals surface area (Å²) in [6, 6.07) is 13.5. The van der Waals surface area contributed by atoms with Gasteiger partial charge in [-0.1, -0.05) is 35.9 Å². The molecule has 1 heterocycles. The Labute approximate surface area is 132 Å². The van der Waals surface area contributed by atoms with Crippen molar-refractivity contribution in [1.29, 1.82) is 0 Å². The molecule has 0 saturated carbocycles. The number of thiophene rings is 1. The van der Waals surface area contributed by atoms with Gasteiger partial charge in [-0.3, -0.25) is 0 Å². The van der Waals surface area contributed by atoms with E-state index in [-0.39, 0.29) is 16.9 Å². The highest BCUT2D eigenvalue weighted by atomic mass is 35.5. The maximum absolute atomic E-state index is 13.6. The van der Waals surface area contributed by atoms with E-state index in [1.165, 1.54) is 21.7 Å². The fourth-order valence-corrected chi connectivity index (χ4v) is 3.67. The van der Waals surface area contributed by atoms with Crippen molar-refractivity contribution in [1.82, 2.24) is 5.32 Å². The van der Waals surface area contributed by atoms with Crippen molar-refractivity contribution in [3.63, 3.8) is 0 Å². The quantitative estimate of drug-likeness (QED) is 0.697. The smallest absolute Gasteiger partial charge is 0.142 e. The molecular weight excluding hydrogens is 305 g/mol. The van der Waals surface area contributed by atoms with Crippen LogP contribution >= 0.6 is 22.9 Å². The van der Waals surface area contributed by atoms with E-state index in [4.69, 9.17) is 11.6 Å². The van der Waals surface area contributed by atoms with Gasteiger partial charge < -0.3 is 5.32 Å². The fraction of sp³-hybridized carbons (Fsp3) is 0.176. The molecule has 21 heavy (non-hydrogen) atoms. The van der Waals surface area contributed by atoms with E-state index in [0.717, 1.165) is 12.0 Å². The molecule has 0 spiro atoms. The minimum absolute atomic E-state index is 0.154. The van der Waals surface area contributed by atoms with Crippen molar-refractivity contribution in [2.24, 2.45) is 0 Å². The van der Waals surface area contributed by atoms with Gasteiger partial charge in [-0.05, 0) is 53.6 Å². The molecule has 1 atom stereocenters. The molecule has 0 aliphatic heterocycles. The third-order valence-electron chi connectivity index (χ3n) is 3.66. The molecule has 3 rings (SSSR count). The van der Waals surface area contributed by atoms with Crippen molar-refractivity contribution in [2.75, 3.05) is 7.05 Å². The van der Waals surface area contributed by atoms with Crippen LogP contribution in [-0.4, -0.2) is 7.05 Å². The highest BCUT2D eigenvalue weighted by Crippen LogP contribution is 2.32. The van der Waals surface area contributed by atoms with Crippen molar-refractivity contribution in [2.45, 2.75) is 12.5 Å². The molecule has 0 radical (unpaired) electrons. The summed E-state index contributed by atoms with van der Waals surface area (Å²) in [5, 5.41) is 6.94. The van der Waals surface area contributed by atoms with E-state index in [1.807, 2.05) is 25.2 Å². The Morgan fingerprint density at radius 2 is 2.05 bits per heavy atom. The zero-order valence-corrected chi connectivity index (χ0v) is 13.1. The SMILES string of the molecule is CNC(Cc1ccc(Cl)c(F)c1)c1csc2ccccc12. The number of halogens is 2. The topological polar surface area (TPSA) is 12.0 Å². The van der Waals surface area contributed by atoms with Gasteiger partial charge in [0.25, 0.3) is 0 Å². The number of likely N-dealkylation sites (N-methyl/N-ethyl adjacent to an activating group) is 1. The first kappa shape index (κ1) is 14.5. The van der Waals surface area contributed by atoms with Gasteiger partial charge in [0.15, 0.2) is 0 Å². The Morgan fingerprint density at radius 3 is 2.81 bits per heavy atom. The second kappa shape index (κ2) is 6.14. The Kier molecular flexibility index (Phi) is 4.24. The minimum atomic E-state index is -0.362. The average molecular weight is 320 g/mol. The number of hydrogen-bond donors (Lipinski definition) is 1. The van der Waals surface area contributed by atoms with Crippen LogP contribution in [0.4, 0.5) is 4.39 Å². The van der Waals surface area contributed by atoms with Crippen molar-refractivity contribution < 1.29 is 4.39 Å². The van der Waals surface area contributed by atoms with E-state index in [1.54, 1.807) is 17.4 Å². The summed E-state index contributed by atoms with van der Waals surface area (Å²) in [5.41, 5.74) is 2.19. The van der Waals surface area contributed by atoms with Crippen LogP contribution in [0.5, 0.6) is 0 Å². The molecule has 2 aromatic carbocycles. The summed E-state index contributed by atoms with van der Waals surface area (Å²) >= 11 is 7.48. The second-order valence-corrected chi connectivity index (χ2v) is 6.30. The molecule has 0 aliphatic carbocycles. The first-order valence-corrected chi connectivity index (χ1v) is 8.02. The number of rotatable bonds is 4. The fourth-order valence-electron chi connectivity index (χ4n) is 2.54. The molecule has 0 saturated heterocycles. The van der Waals surface area contributed by atoms with Gasteiger partial charge >= 0.3 is 0 Å². The molecule has 108 valence electrons. The molecule has 0 aliphatic rings. The Hall–Kier alpha value is -1.42. The largest absolute Gasteiger partial charge is 0.313 e. The van der Waals surface area contributed by atoms with Crippen LogP contribution in [0, 0.1) is 5.82 Å². The highest BCUT2D eigenvalue weighted by molar-refractivity contribution is 7.17. The van der Waals surface area contributed by atoms with Gasteiger partial charge in [0, 0.05) is 10.7 Å². The molecule has 1 aromatic heterocycles. The predicted molar refractivity (Wildman–Crippen MR) is 88.7 cm³/mol. The van der Waals surface area contributed by atoms with Crippen molar-refractivity contribution in [3.05, 3.63) is 69.8 Å². The molecule has 4 heteroatoms. The maximum Gasteiger partial charge on any atom is 0.142 e. The van der Waals surface area contributed by atoms with Crippen LogP contribution in [0.15, 0.2) is 47.8 Å². The minimum Gasteiger partial charge on any atom is -0.313 e. The summed E-state index contributed by atoms with van der Waals surface area (Å²) < 4.78 is 14.9. The summed E-state index contributed by atoms with van der Waals surface area (Å²) in [7, 11) is 1.93. The molecule has 0 amide bonds. The highest BCUT2D eigenvalue weighted by Gasteiger charge is 2.15. The monoisotopic (exact) mass is 319 g/mol. The van der Waals surface area contributed by atoms with Gasteiger partial charge in [-0.25, -0.2) is 4.39 Å². The summed E-state index contributed by atoms with van der Waals surface area (Å²) in [4.78, 5) is 0. The van der Waals surface area contributed by atoms with Gasteiger partial charge in [-0.15, -0.1) is 11.3 Å². The zero-order valence-electron chi connectivity index (χ0n) is 11.6. The lowest BCUT2D eigenvalue weighted by Crippen LogP contribution is -2.18. The Bertz CT molecular complexity index is 768. The summed E-state index contributed by atoms with van der Waals surface area (Å²) in [5.74, 6) is -0.362. The van der Waals surface area contributed by atoms with E-state index >= 15 is 0 Å². The zero-order chi connectivity index (χ0) is 14.8. The Balaban J connectivity index is 1.93. The van der Waals surface area contributed by atoms with Crippen LogP contribution in [0.1, 0.15) is 17.2 Å². The Morgan fingerprint density at radius 1 is 1.24 bits per heavy atom. The van der Waals surface area contributed by atoms with Gasteiger partial charge in [0.05, 0.1) is 5.02 Å². The lowest BCUT2D eigenvalue weighted by Gasteiger charge is -2.16. The molecular formula is C17H15ClFNS. The lowest BCUT2D eigenvalue weighted by atomic mass is 9.98. The number of fused-ring (bicyclic) bond motifs is 1. The molecule has 0 fully saturated rings. The first-order valence-electron chi connectivity index (χ1n) is 6.76. The van der Waals surface area contributed by atoms with E-state index < -0.39 is 0 Å². The van der Waals surface area contributed by atoms with Crippen molar-refractivity contribution in [3.8, 4) is 0 Å². The van der Waals surface area contributed by atoms with Crippen LogP contribution < -0.4 is 5.32 Å². The van der Waals surface area contributed by atoms with Gasteiger partial charge in [0.1, 0.15) is 5.82 Å². The summed E-state index contributed by atoms with van der Waals surface area (Å²) in [6.07, 6.45) is 0.727. The lowest BCUT2D eigenvalue weighted by molar-refractivity contribution is 0.589. The van der Waals surface area contributed by atoms with E-state index in [2.05, 4.69) is 22.8 Å². The van der Waals surface area contributed by atoms with Crippen LogP contribution in [0.25, 0.3) is 10.1 Å². The third kappa shape index (κ3) is 2.95. The number of hydrogen-bond acceptors (Lipinski definition) is 2. The molecule has 1 N–H and O–H groups in total. The normalized spacial score (nSPS) is 12.7. The number of benzene rings is 2. The molecule has 1 unspecified atom stereocenters. The van der Waals surface area contributed by atoms with Crippen LogP contribution in [0.3, 0.4) is 0 Å². The standard InChI is InChI=1S/C17H15ClFNS/c1-20-16(9-11-6-7-14(18)15(19)8-11)13-10-21-17-5-3-2-4-12(13)17/h2-8,10,16,20H,9H2,1H3. The predicted octanol–water partition coefficient (Wildman–Crippen LogP) is 5.20. The molecule has 0 bridgehead atoms. The molecule has 3 aromatic rings. The van der Waals surface area contributed by atoms with Crippen LogP contribution in [-0.2, 0) is 6.42 Å². The van der Waals surface area contributed by atoms with Crippen molar-refractivity contribution >= 4 is 33.0 Å². The second-order valence-electron chi connectivity index (χ2n) is 4.98. The summed E-state index contributed by atoms with van der Waals surface area (Å²) in [6.45, 7) is 0. The number of nitrogens with one attached hydrogen (secondary N) is 1. The first-order chi connectivity index (χ1) is 10.2. The third-order valence-corrected chi connectivity index (χ3v) is 4.95. The van der Waals surface area contributed by atoms with E-state index in [9.17, 15) is 4.39 Å². The average Bonchev–Trinajstić information content (AvgIpc) is 2.92. The molecule has 1 nitrogen and oxygen atoms in total. The van der Waals surface area contributed by atoms with Gasteiger partial charge in [-0.2, -0.15) is 0 Å².